The molecular formula is C16H25NO4S. The summed E-state index contributed by atoms with van der Waals surface area (Å²) in [6.45, 7) is 0. The van der Waals surface area contributed by atoms with Crippen LogP contribution in [0, 0.1) is 0 Å². The van der Waals surface area contributed by atoms with Gasteiger partial charge in [0.2, 0.25) is 10.0 Å². The molecule has 0 heterocycles. The highest BCUT2D eigenvalue weighted by Gasteiger charge is 2.22. The van der Waals surface area contributed by atoms with Crippen LogP contribution in [-0.4, -0.2) is 28.7 Å². The van der Waals surface area contributed by atoms with Gasteiger partial charge in [-0.15, -0.1) is 0 Å². The molecule has 0 radical (unpaired) electrons. The van der Waals surface area contributed by atoms with Crippen molar-refractivity contribution < 1.29 is 17.9 Å². The number of nitrogens with one attached hydrogen (secondary N) is 1. The molecule has 124 valence electrons. The van der Waals surface area contributed by atoms with Gasteiger partial charge < -0.3 is 9.47 Å². The van der Waals surface area contributed by atoms with Crippen LogP contribution in [-0.2, 0) is 10.0 Å². The first kappa shape index (κ1) is 17.1. The van der Waals surface area contributed by atoms with Crippen molar-refractivity contribution in [3.63, 3.8) is 0 Å². The van der Waals surface area contributed by atoms with Gasteiger partial charge >= 0.3 is 0 Å². The Balaban J connectivity index is 2.15. The average Bonchev–Trinajstić information content (AvgIpc) is 2.49. The Morgan fingerprint density at radius 2 is 1.55 bits per heavy atom. The molecule has 1 saturated carbocycles. The summed E-state index contributed by atoms with van der Waals surface area (Å²) >= 11 is 0. The van der Waals surface area contributed by atoms with Crippen LogP contribution in [0.5, 0.6) is 11.5 Å². The number of ether oxygens (including phenoxy) is 2. The number of benzene rings is 1. The Bertz CT molecular complexity index is 578. The van der Waals surface area contributed by atoms with E-state index in [1.54, 1.807) is 12.1 Å². The summed E-state index contributed by atoms with van der Waals surface area (Å²) in [6.07, 6.45) is 7.62. The molecule has 1 N–H and O–H groups in total. The Kier molecular flexibility index (Phi) is 6.08. The van der Waals surface area contributed by atoms with Crippen molar-refractivity contribution in [2.24, 2.45) is 0 Å². The van der Waals surface area contributed by atoms with Crippen molar-refractivity contribution in [1.82, 2.24) is 4.72 Å². The van der Waals surface area contributed by atoms with Gasteiger partial charge in [0.25, 0.3) is 0 Å². The van der Waals surface area contributed by atoms with E-state index in [9.17, 15) is 8.42 Å². The topological polar surface area (TPSA) is 64.6 Å². The molecule has 1 aromatic rings. The summed E-state index contributed by atoms with van der Waals surface area (Å²) in [6, 6.07) is 4.70. The third-order valence-electron chi connectivity index (χ3n) is 4.09. The lowest BCUT2D eigenvalue weighted by atomic mass is 9.97. The van der Waals surface area contributed by atoms with Crippen LogP contribution < -0.4 is 14.2 Å². The molecule has 0 bridgehead atoms. The fraction of sp³-hybridized carbons (Fsp3) is 0.625. The monoisotopic (exact) mass is 327 g/mol. The van der Waals surface area contributed by atoms with E-state index in [0.717, 1.165) is 25.7 Å². The predicted molar refractivity (Wildman–Crippen MR) is 86.0 cm³/mol. The lowest BCUT2D eigenvalue weighted by Crippen LogP contribution is -2.35. The number of methoxy groups -OCH3 is 2. The van der Waals surface area contributed by atoms with Crippen LogP contribution >= 0.6 is 0 Å². The van der Waals surface area contributed by atoms with Gasteiger partial charge in [0.05, 0.1) is 19.1 Å². The zero-order valence-electron chi connectivity index (χ0n) is 13.3. The van der Waals surface area contributed by atoms with E-state index in [4.69, 9.17) is 9.47 Å². The number of hydrogen-bond donors (Lipinski definition) is 1. The molecule has 0 saturated heterocycles. The van der Waals surface area contributed by atoms with Gasteiger partial charge in [0.1, 0.15) is 0 Å². The zero-order valence-corrected chi connectivity index (χ0v) is 14.1. The summed E-state index contributed by atoms with van der Waals surface area (Å²) in [5.41, 5.74) is 0. The van der Waals surface area contributed by atoms with Crippen LogP contribution in [0.15, 0.2) is 23.1 Å². The average molecular weight is 327 g/mol. The largest absolute Gasteiger partial charge is 0.493 e. The molecule has 1 aliphatic carbocycles. The molecule has 0 aromatic heterocycles. The maximum Gasteiger partial charge on any atom is 0.240 e. The second-order valence-electron chi connectivity index (χ2n) is 5.68. The molecule has 22 heavy (non-hydrogen) atoms. The molecule has 0 spiro atoms. The van der Waals surface area contributed by atoms with E-state index in [1.165, 1.54) is 39.5 Å². The van der Waals surface area contributed by atoms with Crippen molar-refractivity contribution in [2.75, 3.05) is 14.2 Å². The van der Waals surface area contributed by atoms with E-state index in [-0.39, 0.29) is 10.9 Å². The van der Waals surface area contributed by atoms with Crippen molar-refractivity contribution in [2.45, 2.75) is 55.9 Å². The second kappa shape index (κ2) is 7.83. The quantitative estimate of drug-likeness (QED) is 0.902. The van der Waals surface area contributed by atoms with Gasteiger partial charge in [-0.05, 0) is 25.0 Å². The second-order valence-corrected chi connectivity index (χ2v) is 7.39. The number of rotatable bonds is 5. The highest BCUT2D eigenvalue weighted by molar-refractivity contribution is 7.89. The molecule has 1 fully saturated rings. The third-order valence-corrected chi connectivity index (χ3v) is 5.61. The number of hydrogen-bond acceptors (Lipinski definition) is 4. The Morgan fingerprint density at radius 3 is 2.14 bits per heavy atom. The van der Waals surface area contributed by atoms with Gasteiger partial charge in [0.15, 0.2) is 11.5 Å². The minimum atomic E-state index is -3.53. The fourth-order valence-electron chi connectivity index (χ4n) is 2.85. The Hall–Kier alpha value is -1.27. The van der Waals surface area contributed by atoms with E-state index >= 15 is 0 Å². The van der Waals surface area contributed by atoms with Crippen molar-refractivity contribution in [1.29, 1.82) is 0 Å². The third kappa shape index (κ3) is 4.36. The van der Waals surface area contributed by atoms with Crippen LogP contribution in [0.2, 0.25) is 0 Å². The van der Waals surface area contributed by atoms with E-state index < -0.39 is 10.0 Å². The van der Waals surface area contributed by atoms with E-state index in [1.807, 2.05) is 0 Å². The van der Waals surface area contributed by atoms with Gasteiger partial charge in [-0.3, -0.25) is 0 Å². The zero-order chi connectivity index (χ0) is 16.0. The minimum absolute atomic E-state index is 0.0263. The van der Waals surface area contributed by atoms with Gasteiger partial charge in [-0.25, -0.2) is 13.1 Å². The maximum atomic E-state index is 12.6. The van der Waals surface area contributed by atoms with Crippen molar-refractivity contribution in [3.05, 3.63) is 18.2 Å². The van der Waals surface area contributed by atoms with Crippen LogP contribution in [0.25, 0.3) is 0 Å². The summed E-state index contributed by atoms with van der Waals surface area (Å²) in [5.74, 6) is 0.940. The SMILES string of the molecule is COc1ccc(S(=O)(=O)NC2CCCCCCC2)cc1OC. The molecular weight excluding hydrogens is 302 g/mol. The first-order valence-electron chi connectivity index (χ1n) is 7.81. The molecule has 6 heteroatoms. The van der Waals surface area contributed by atoms with E-state index in [0.29, 0.717) is 11.5 Å². The first-order chi connectivity index (χ1) is 10.6. The first-order valence-corrected chi connectivity index (χ1v) is 9.29. The molecule has 0 aliphatic heterocycles. The summed E-state index contributed by atoms with van der Waals surface area (Å²) in [4.78, 5) is 0.215. The summed E-state index contributed by atoms with van der Waals surface area (Å²) in [5, 5.41) is 0. The lowest BCUT2D eigenvalue weighted by molar-refractivity contribution is 0.353. The molecule has 1 aliphatic rings. The van der Waals surface area contributed by atoms with Crippen LogP contribution in [0.3, 0.4) is 0 Å². The molecule has 5 nitrogen and oxygen atoms in total. The molecule has 0 unspecified atom stereocenters. The summed E-state index contributed by atoms with van der Waals surface area (Å²) in [7, 11) is -0.508. The highest BCUT2D eigenvalue weighted by atomic mass is 32.2. The molecule has 0 atom stereocenters. The maximum absolute atomic E-state index is 12.6. The lowest BCUT2D eigenvalue weighted by Gasteiger charge is -2.21. The summed E-state index contributed by atoms with van der Waals surface area (Å²) < 4.78 is 38.3. The van der Waals surface area contributed by atoms with Gasteiger partial charge in [-0.1, -0.05) is 32.1 Å². The fourth-order valence-corrected chi connectivity index (χ4v) is 4.17. The highest BCUT2D eigenvalue weighted by Crippen LogP contribution is 2.29. The van der Waals surface area contributed by atoms with Crippen LogP contribution in [0.4, 0.5) is 0 Å². The predicted octanol–water partition coefficient (Wildman–Crippen LogP) is 3.10. The van der Waals surface area contributed by atoms with Gasteiger partial charge in [0, 0.05) is 12.1 Å². The normalized spacial score (nSPS) is 17.5. The van der Waals surface area contributed by atoms with E-state index in [2.05, 4.69) is 4.72 Å². The molecule has 1 aromatic carbocycles. The minimum Gasteiger partial charge on any atom is -0.493 e. The van der Waals surface area contributed by atoms with Crippen LogP contribution in [0.1, 0.15) is 44.9 Å². The van der Waals surface area contributed by atoms with Crippen molar-refractivity contribution in [3.8, 4) is 11.5 Å². The smallest absolute Gasteiger partial charge is 0.240 e. The Labute approximate surface area is 133 Å². The number of sulfonamides is 1. The Morgan fingerprint density at radius 1 is 0.955 bits per heavy atom. The van der Waals surface area contributed by atoms with Crippen molar-refractivity contribution >= 4 is 10.0 Å². The van der Waals surface area contributed by atoms with Gasteiger partial charge in [-0.2, -0.15) is 0 Å². The molecule has 2 rings (SSSR count). The molecule has 0 amide bonds. The standard InChI is InChI=1S/C16H25NO4S/c1-20-15-11-10-14(12-16(15)21-2)22(18,19)17-13-8-6-4-3-5-7-9-13/h10-13,17H,3-9H2,1-2H3.